The van der Waals surface area contributed by atoms with Gasteiger partial charge in [0.15, 0.2) is 0 Å². The predicted molar refractivity (Wildman–Crippen MR) is 81.5 cm³/mol. The van der Waals surface area contributed by atoms with Gasteiger partial charge in [0.25, 0.3) is 5.91 Å². The minimum atomic E-state index is -3.67. The molecule has 0 saturated carbocycles. The standard InChI is InChI=1S/C13H18N2O5S2/c1-14(2)22(19,20)10-5-8-21-11(10)12(16)15-6-3-9(4-7-15)13(17)18/h5,8-9H,3-4,6-7H2,1-2H3,(H,17,18). The minimum absolute atomic E-state index is 0.00728. The van der Waals surface area contributed by atoms with Crippen LogP contribution in [0.5, 0.6) is 0 Å². The summed E-state index contributed by atoms with van der Waals surface area (Å²) in [6.07, 6.45) is 0.782. The van der Waals surface area contributed by atoms with E-state index in [0.29, 0.717) is 25.9 Å². The second-order valence-corrected chi connectivity index (χ2v) is 8.34. The summed E-state index contributed by atoms with van der Waals surface area (Å²) in [5.74, 6) is -1.63. The van der Waals surface area contributed by atoms with Gasteiger partial charge in [-0.1, -0.05) is 0 Å². The number of rotatable bonds is 4. The van der Waals surface area contributed by atoms with Gasteiger partial charge < -0.3 is 10.0 Å². The van der Waals surface area contributed by atoms with Crippen LogP contribution in [0.2, 0.25) is 0 Å². The van der Waals surface area contributed by atoms with Gasteiger partial charge in [-0.3, -0.25) is 9.59 Å². The largest absolute Gasteiger partial charge is 0.481 e. The van der Waals surface area contributed by atoms with Crippen LogP contribution in [-0.4, -0.2) is 61.8 Å². The van der Waals surface area contributed by atoms with Crippen LogP contribution >= 0.6 is 11.3 Å². The number of sulfonamides is 1. The molecule has 1 saturated heterocycles. The van der Waals surface area contributed by atoms with Gasteiger partial charge in [0.2, 0.25) is 10.0 Å². The monoisotopic (exact) mass is 346 g/mol. The van der Waals surface area contributed by atoms with Crippen LogP contribution in [0.1, 0.15) is 22.5 Å². The number of carbonyl (C=O) groups is 2. The summed E-state index contributed by atoms with van der Waals surface area (Å²) in [6, 6.07) is 1.43. The molecule has 1 aliphatic rings. The van der Waals surface area contributed by atoms with E-state index in [0.717, 1.165) is 15.6 Å². The molecule has 0 atom stereocenters. The molecule has 0 bridgehead atoms. The van der Waals surface area contributed by atoms with Crippen molar-refractivity contribution in [3.63, 3.8) is 0 Å². The van der Waals surface area contributed by atoms with Crippen molar-refractivity contribution in [2.24, 2.45) is 5.92 Å². The molecule has 2 rings (SSSR count). The Morgan fingerprint density at radius 2 is 1.91 bits per heavy atom. The molecule has 0 radical (unpaired) electrons. The fraction of sp³-hybridized carbons (Fsp3) is 0.538. The van der Waals surface area contributed by atoms with E-state index in [9.17, 15) is 18.0 Å². The zero-order chi connectivity index (χ0) is 16.5. The molecule has 0 spiro atoms. The number of carboxylic acid groups (broad SMARTS) is 1. The van der Waals surface area contributed by atoms with Crippen LogP contribution in [0, 0.1) is 5.92 Å². The Kier molecular flexibility index (Phi) is 4.88. The molecule has 1 amide bonds. The molecule has 2 heterocycles. The first kappa shape index (κ1) is 16.9. The molecule has 1 aromatic heterocycles. The van der Waals surface area contributed by atoms with Crippen molar-refractivity contribution in [1.82, 2.24) is 9.21 Å². The zero-order valence-corrected chi connectivity index (χ0v) is 14.0. The van der Waals surface area contributed by atoms with E-state index in [4.69, 9.17) is 5.11 Å². The van der Waals surface area contributed by atoms with Crippen LogP contribution in [0.4, 0.5) is 0 Å². The van der Waals surface area contributed by atoms with E-state index in [2.05, 4.69) is 0 Å². The summed E-state index contributed by atoms with van der Waals surface area (Å²) in [6.45, 7) is 0.657. The number of nitrogens with zero attached hydrogens (tertiary/aromatic N) is 2. The van der Waals surface area contributed by atoms with Gasteiger partial charge in [-0.2, -0.15) is 0 Å². The highest BCUT2D eigenvalue weighted by Crippen LogP contribution is 2.27. The van der Waals surface area contributed by atoms with Crippen molar-refractivity contribution < 1.29 is 23.1 Å². The van der Waals surface area contributed by atoms with Crippen LogP contribution < -0.4 is 0 Å². The highest BCUT2D eigenvalue weighted by Gasteiger charge is 2.32. The van der Waals surface area contributed by atoms with Crippen molar-refractivity contribution >= 4 is 33.2 Å². The first-order valence-corrected chi connectivity index (χ1v) is 9.09. The normalized spacial score (nSPS) is 17.0. The molecule has 1 aliphatic heterocycles. The second-order valence-electron chi connectivity index (χ2n) is 5.31. The van der Waals surface area contributed by atoms with E-state index in [-0.39, 0.29) is 15.7 Å². The summed E-state index contributed by atoms with van der Waals surface area (Å²) < 4.78 is 25.5. The number of piperidine rings is 1. The summed E-state index contributed by atoms with van der Waals surface area (Å²) in [7, 11) is -0.837. The first-order chi connectivity index (χ1) is 10.2. The Bertz CT molecular complexity index is 672. The van der Waals surface area contributed by atoms with Crippen LogP contribution in [0.3, 0.4) is 0 Å². The lowest BCUT2D eigenvalue weighted by Gasteiger charge is -2.30. The molecule has 7 nitrogen and oxygen atoms in total. The molecular formula is C13H18N2O5S2. The lowest BCUT2D eigenvalue weighted by atomic mass is 9.97. The molecule has 9 heteroatoms. The van der Waals surface area contributed by atoms with Crippen LogP contribution in [-0.2, 0) is 14.8 Å². The van der Waals surface area contributed by atoms with Crippen LogP contribution in [0.25, 0.3) is 0 Å². The average molecular weight is 346 g/mol. The van der Waals surface area contributed by atoms with E-state index in [1.807, 2.05) is 0 Å². The highest BCUT2D eigenvalue weighted by atomic mass is 32.2. The third-order valence-electron chi connectivity index (χ3n) is 3.71. The second kappa shape index (κ2) is 6.35. The van der Waals surface area contributed by atoms with Crippen molar-refractivity contribution in [2.45, 2.75) is 17.7 Å². The third-order valence-corrected chi connectivity index (χ3v) is 6.60. The van der Waals surface area contributed by atoms with Gasteiger partial charge in [0.05, 0.1) is 5.92 Å². The Hall–Kier alpha value is -1.45. The van der Waals surface area contributed by atoms with Gasteiger partial charge in [-0.05, 0) is 24.3 Å². The van der Waals surface area contributed by atoms with Crippen molar-refractivity contribution in [3.05, 3.63) is 16.3 Å². The Labute approximate surface area is 133 Å². The maximum Gasteiger partial charge on any atom is 0.306 e. The smallest absolute Gasteiger partial charge is 0.306 e. The predicted octanol–water partition coefficient (Wildman–Crippen LogP) is 0.935. The van der Waals surface area contributed by atoms with Crippen LogP contribution in [0.15, 0.2) is 16.3 Å². The topological polar surface area (TPSA) is 95.0 Å². The summed E-state index contributed by atoms with van der Waals surface area (Å²) in [4.78, 5) is 25.2. The molecular weight excluding hydrogens is 328 g/mol. The first-order valence-electron chi connectivity index (χ1n) is 6.77. The number of likely N-dealkylation sites (tertiary alicyclic amines) is 1. The van der Waals surface area contributed by atoms with E-state index >= 15 is 0 Å². The number of hydrogen-bond donors (Lipinski definition) is 1. The fourth-order valence-electron chi connectivity index (χ4n) is 2.33. The SMILES string of the molecule is CN(C)S(=O)(=O)c1ccsc1C(=O)N1CCC(C(=O)O)CC1. The molecule has 1 aromatic rings. The number of thiophene rings is 1. The van der Waals surface area contributed by atoms with Crippen molar-refractivity contribution in [2.75, 3.05) is 27.2 Å². The molecule has 0 aliphatic carbocycles. The van der Waals surface area contributed by atoms with E-state index < -0.39 is 21.9 Å². The van der Waals surface area contributed by atoms with Gasteiger partial charge in [0, 0.05) is 27.2 Å². The van der Waals surface area contributed by atoms with E-state index in [1.54, 1.807) is 5.38 Å². The zero-order valence-electron chi connectivity index (χ0n) is 12.4. The Balaban J connectivity index is 2.19. The number of carbonyl (C=O) groups excluding carboxylic acids is 1. The number of carboxylic acids is 1. The summed E-state index contributed by atoms with van der Waals surface area (Å²) in [5.41, 5.74) is 0. The van der Waals surface area contributed by atoms with Crippen molar-refractivity contribution in [1.29, 1.82) is 0 Å². The van der Waals surface area contributed by atoms with Crippen molar-refractivity contribution in [3.8, 4) is 0 Å². The van der Waals surface area contributed by atoms with Gasteiger partial charge in [0.1, 0.15) is 9.77 Å². The average Bonchev–Trinajstić information content (AvgIpc) is 2.96. The van der Waals surface area contributed by atoms with Gasteiger partial charge in [-0.25, -0.2) is 12.7 Å². The van der Waals surface area contributed by atoms with E-state index in [1.165, 1.54) is 25.1 Å². The Morgan fingerprint density at radius 3 is 2.41 bits per heavy atom. The maximum atomic E-state index is 12.5. The number of hydrogen-bond acceptors (Lipinski definition) is 5. The minimum Gasteiger partial charge on any atom is -0.481 e. The molecule has 0 aromatic carbocycles. The third kappa shape index (κ3) is 3.16. The number of aliphatic carboxylic acids is 1. The summed E-state index contributed by atoms with van der Waals surface area (Å²) in [5, 5.41) is 10.5. The molecule has 122 valence electrons. The maximum absolute atomic E-state index is 12.5. The quantitative estimate of drug-likeness (QED) is 0.875. The van der Waals surface area contributed by atoms with Gasteiger partial charge >= 0.3 is 5.97 Å². The number of amides is 1. The highest BCUT2D eigenvalue weighted by molar-refractivity contribution is 7.89. The molecule has 1 N–H and O–H groups in total. The molecule has 1 fully saturated rings. The lowest BCUT2D eigenvalue weighted by molar-refractivity contribution is -0.143. The Morgan fingerprint density at radius 1 is 1.32 bits per heavy atom. The lowest BCUT2D eigenvalue weighted by Crippen LogP contribution is -2.40. The van der Waals surface area contributed by atoms with Gasteiger partial charge in [-0.15, -0.1) is 11.3 Å². The molecule has 22 heavy (non-hydrogen) atoms. The molecule has 0 unspecified atom stereocenters. The summed E-state index contributed by atoms with van der Waals surface area (Å²) >= 11 is 1.09. The fourth-order valence-corrected chi connectivity index (χ4v) is 4.58.